The Balaban J connectivity index is 1.91. The van der Waals surface area contributed by atoms with Gasteiger partial charge in [-0.2, -0.15) is 0 Å². The molecule has 1 N–H and O–H groups in total. The summed E-state index contributed by atoms with van der Waals surface area (Å²) in [5.74, 6) is 1.40. The predicted molar refractivity (Wildman–Crippen MR) is 101 cm³/mol. The van der Waals surface area contributed by atoms with Crippen molar-refractivity contribution in [2.24, 2.45) is 0 Å². The average Bonchev–Trinajstić information content (AvgIpc) is 2.41. The molecule has 0 fully saturated rings. The van der Waals surface area contributed by atoms with Gasteiger partial charge in [-0.15, -0.1) is 11.8 Å². The van der Waals surface area contributed by atoms with Crippen LogP contribution in [-0.4, -0.2) is 11.7 Å². The number of amides is 1. The van der Waals surface area contributed by atoms with Crippen molar-refractivity contribution < 1.29 is 4.79 Å². The molecule has 0 aliphatic rings. The lowest BCUT2D eigenvalue weighted by Gasteiger charge is -2.13. The molecular formula is C20H25NOS. The fourth-order valence-corrected chi connectivity index (χ4v) is 3.73. The van der Waals surface area contributed by atoms with Crippen LogP contribution in [0.2, 0.25) is 0 Å². The largest absolute Gasteiger partial charge is 0.325 e. The van der Waals surface area contributed by atoms with Crippen LogP contribution in [0.25, 0.3) is 0 Å². The van der Waals surface area contributed by atoms with Gasteiger partial charge in [0.15, 0.2) is 0 Å². The summed E-state index contributed by atoms with van der Waals surface area (Å²) in [7, 11) is 0. The number of benzene rings is 2. The summed E-state index contributed by atoms with van der Waals surface area (Å²) in [4.78, 5) is 12.2. The summed E-state index contributed by atoms with van der Waals surface area (Å²) in [6.45, 7) is 10.4. The van der Waals surface area contributed by atoms with Gasteiger partial charge in [0.1, 0.15) is 0 Å². The Morgan fingerprint density at radius 3 is 1.96 bits per heavy atom. The molecule has 122 valence electrons. The summed E-state index contributed by atoms with van der Waals surface area (Å²) in [5, 5.41) is 3.05. The number of aryl methyl sites for hydroxylation is 5. The molecule has 0 unspecified atom stereocenters. The Bertz CT molecular complexity index is 678. The quantitative estimate of drug-likeness (QED) is 0.827. The van der Waals surface area contributed by atoms with Crippen LogP contribution in [0.1, 0.15) is 33.4 Å². The average molecular weight is 327 g/mol. The van der Waals surface area contributed by atoms with Crippen molar-refractivity contribution in [1.29, 1.82) is 0 Å². The van der Waals surface area contributed by atoms with Crippen molar-refractivity contribution in [3.63, 3.8) is 0 Å². The zero-order valence-electron chi connectivity index (χ0n) is 14.6. The van der Waals surface area contributed by atoms with E-state index in [1.807, 2.05) is 13.8 Å². The minimum absolute atomic E-state index is 0.0643. The van der Waals surface area contributed by atoms with E-state index in [1.165, 1.54) is 22.3 Å². The molecule has 2 rings (SSSR count). The molecule has 1 amide bonds. The van der Waals surface area contributed by atoms with Crippen LogP contribution in [0.15, 0.2) is 30.3 Å². The van der Waals surface area contributed by atoms with Gasteiger partial charge >= 0.3 is 0 Å². The van der Waals surface area contributed by atoms with Crippen LogP contribution in [-0.2, 0) is 10.5 Å². The lowest BCUT2D eigenvalue weighted by Crippen LogP contribution is -2.16. The second-order valence-corrected chi connectivity index (χ2v) is 7.30. The fourth-order valence-electron chi connectivity index (χ4n) is 2.97. The van der Waals surface area contributed by atoms with Gasteiger partial charge in [0.2, 0.25) is 5.91 Å². The highest BCUT2D eigenvalue weighted by Crippen LogP contribution is 2.22. The first-order valence-corrected chi connectivity index (χ1v) is 9.03. The van der Waals surface area contributed by atoms with E-state index in [2.05, 4.69) is 56.4 Å². The number of carbonyl (C=O) groups excluding carboxylic acids is 1. The van der Waals surface area contributed by atoms with E-state index in [-0.39, 0.29) is 5.91 Å². The Morgan fingerprint density at radius 2 is 1.39 bits per heavy atom. The van der Waals surface area contributed by atoms with Crippen LogP contribution in [0.5, 0.6) is 0 Å². The lowest BCUT2D eigenvalue weighted by atomic mass is 10.1. The third-order valence-corrected chi connectivity index (χ3v) is 4.73. The van der Waals surface area contributed by atoms with Crippen LogP contribution < -0.4 is 5.32 Å². The highest BCUT2D eigenvalue weighted by atomic mass is 32.2. The smallest absolute Gasteiger partial charge is 0.234 e. The van der Waals surface area contributed by atoms with Gasteiger partial charge in [0.25, 0.3) is 0 Å². The molecule has 0 aliphatic carbocycles. The second kappa shape index (κ2) is 7.69. The van der Waals surface area contributed by atoms with Crippen molar-refractivity contribution in [2.45, 2.75) is 40.4 Å². The van der Waals surface area contributed by atoms with Gasteiger partial charge in [-0.25, -0.2) is 0 Å². The lowest BCUT2D eigenvalue weighted by molar-refractivity contribution is -0.113. The van der Waals surface area contributed by atoms with Gasteiger partial charge in [-0.05, 0) is 51.3 Å². The van der Waals surface area contributed by atoms with Gasteiger partial charge in [-0.1, -0.05) is 47.0 Å². The molecule has 0 atom stereocenters. The first-order valence-electron chi connectivity index (χ1n) is 7.88. The van der Waals surface area contributed by atoms with E-state index >= 15 is 0 Å². The van der Waals surface area contributed by atoms with Gasteiger partial charge in [-0.3, -0.25) is 4.79 Å². The zero-order valence-corrected chi connectivity index (χ0v) is 15.4. The molecule has 2 aromatic carbocycles. The third-order valence-electron chi connectivity index (χ3n) is 3.72. The SMILES string of the molecule is Cc1cc(C)cc(CSCC(=O)Nc2c(C)cc(C)cc2C)c1. The first kappa shape index (κ1) is 17.6. The van der Waals surface area contributed by atoms with E-state index in [0.717, 1.165) is 22.6 Å². The van der Waals surface area contributed by atoms with Crippen molar-refractivity contribution in [2.75, 3.05) is 11.1 Å². The highest BCUT2D eigenvalue weighted by molar-refractivity contribution is 7.99. The Labute approximate surface area is 143 Å². The molecule has 0 spiro atoms. The first-order chi connectivity index (χ1) is 10.8. The molecule has 2 nitrogen and oxygen atoms in total. The Kier molecular flexibility index (Phi) is 5.89. The predicted octanol–water partition coefficient (Wildman–Crippen LogP) is 5.10. The second-order valence-electron chi connectivity index (χ2n) is 6.31. The van der Waals surface area contributed by atoms with Crippen molar-refractivity contribution in [3.05, 3.63) is 63.7 Å². The summed E-state index contributed by atoms with van der Waals surface area (Å²) < 4.78 is 0. The monoisotopic (exact) mass is 327 g/mol. The van der Waals surface area contributed by atoms with Crippen LogP contribution in [0.4, 0.5) is 5.69 Å². The van der Waals surface area contributed by atoms with Gasteiger partial charge < -0.3 is 5.32 Å². The topological polar surface area (TPSA) is 29.1 Å². The highest BCUT2D eigenvalue weighted by Gasteiger charge is 2.08. The molecule has 0 aromatic heterocycles. The van der Waals surface area contributed by atoms with E-state index in [0.29, 0.717) is 5.75 Å². The zero-order chi connectivity index (χ0) is 17.0. The molecule has 2 aromatic rings. The van der Waals surface area contributed by atoms with Crippen LogP contribution in [0, 0.1) is 34.6 Å². The Hall–Kier alpha value is -1.74. The molecular weight excluding hydrogens is 302 g/mol. The maximum atomic E-state index is 12.2. The minimum Gasteiger partial charge on any atom is -0.325 e. The number of hydrogen-bond donors (Lipinski definition) is 1. The fraction of sp³-hybridized carbons (Fsp3) is 0.350. The Morgan fingerprint density at radius 1 is 0.870 bits per heavy atom. The molecule has 3 heteroatoms. The maximum absolute atomic E-state index is 12.2. The molecule has 0 saturated carbocycles. The minimum atomic E-state index is 0.0643. The van der Waals surface area contributed by atoms with E-state index in [9.17, 15) is 4.79 Å². The van der Waals surface area contributed by atoms with E-state index < -0.39 is 0 Å². The number of carbonyl (C=O) groups is 1. The normalized spacial score (nSPS) is 10.7. The molecule has 0 aliphatic heterocycles. The van der Waals surface area contributed by atoms with Crippen molar-refractivity contribution in [1.82, 2.24) is 0 Å². The van der Waals surface area contributed by atoms with Gasteiger partial charge in [0.05, 0.1) is 5.75 Å². The number of hydrogen-bond acceptors (Lipinski definition) is 2. The number of anilines is 1. The molecule has 23 heavy (non-hydrogen) atoms. The van der Waals surface area contributed by atoms with Crippen LogP contribution >= 0.6 is 11.8 Å². The molecule has 0 heterocycles. The summed E-state index contributed by atoms with van der Waals surface area (Å²) in [6.07, 6.45) is 0. The van der Waals surface area contributed by atoms with Crippen molar-refractivity contribution >= 4 is 23.4 Å². The van der Waals surface area contributed by atoms with Crippen molar-refractivity contribution in [3.8, 4) is 0 Å². The molecule has 0 bridgehead atoms. The summed E-state index contributed by atoms with van der Waals surface area (Å²) >= 11 is 1.65. The maximum Gasteiger partial charge on any atom is 0.234 e. The number of thioether (sulfide) groups is 1. The number of rotatable bonds is 5. The number of nitrogens with one attached hydrogen (secondary N) is 1. The third kappa shape index (κ3) is 5.14. The summed E-state index contributed by atoms with van der Waals surface area (Å²) in [6, 6.07) is 10.7. The standard InChI is InChI=1S/C20H25NOS/c1-13-6-14(2)10-18(9-13)11-23-12-19(22)21-20-16(4)7-15(3)8-17(20)5/h6-10H,11-12H2,1-5H3,(H,21,22). The van der Waals surface area contributed by atoms with E-state index in [4.69, 9.17) is 0 Å². The van der Waals surface area contributed by atoms with Gasteiger partial charge in [0, 0.05) is 11.4 Å². The summed E-state index contributed by atoms with van der Waals surface area (Å²) in [5.41, 5.74) is 8.25. The molecule has 0 radical (unpaired) electrons. The van der Waals surface area contributed by atoms with Crippen LogP contribution in [0.3, 0.4) is 0 Å². The van der Waals surface area contributed by atoms with E-state index in [1.54, 1.807) is 11.8 Å². The molecule has 0 saturated heterocycles.